The van der Waals surface area contributed by atoms with Crippen LogP contribution in [0.25, 0.3) is 0 Å². The molecule has 3 unspecified atom stereocenters. The summed E-state index contributed by atoms with van der Waals surface area (Å²) in [5, 5.41) is 10.4. The maximum Gasteiger partial charge on any atom is 0.411 e. The minimum Gasteiger partial charge on any atom is -0.444 e. The molecule has 3 atom stereocenters. The lowest BCUT2D eigenvalue weighted by atomic mass is 9.75. The predicted octanol–water partition coefficient (Wildman–Crippen LogP) is 4.13. The van der Waals surface area contributed by atoms with Gasteiger partial charge in [0.15, 0.2) is 0 Å². The highest BCUT2D eigenvalue weighted by Crippen LogP contribution is 2.46. The van der Waals surface area contributed by atoms with Crippen LogP contribution in [0.2, 0.25) is 0 Å². The number of hydrogen-bond acceptors (Lipinski definition) is 4. The van der Waals surface area contributed by atoms with Gasteiger partial charge in [0.2, 0.25) is 0 Å². The first-order chi connectivity index (χ1) is 11.6. The van der Waals surface area contributed by atoms with Crippen molar-refractivity contribution >= 4 is 22.0 Å². The second kappa shape index (κ2) is 6.56. The molecule has 138 valence electrons. The molecule has 1 fully saturated rings. The smallest absolute Gasteiger partial charge is 0.411 e. The predicted molar refractivity (Wildman–Crippen MR) is 98.4 cm³/mol. The zero-order valence-corrected chi connectivity index (χ0v) is 16.8. The summed E-state index contributed by atoms with van der Waals surface area (Å²) in [6.45, 7) is 8.40. The number of hydrogen-bond donors (Lipinski definition) is 1. The molecule has 0 radical (unpaired) electrons. The van der Waals surface area contributed by atoms with E-state index in [-0.39, 0.29) is 12.2 Å². The van der Waals surface area contributed by atoms with Gasteiger partial charge < -0.3 is 14.6 Å². The number of piperidine rings is 1. The lowest BCUT2D eigenvalue weighted by molar-refractivity contribution is -0.103. The molecule has 1 aromatic rings. The number of amides is 1. The number of ether oxygens (including phenoxy) is 2. The van der Waals surface area contributed by atoms with Gasteiger partial charge in [-0.3, -0.25) is 4.90 Å². The number of benzene rings is 1. The van der Waals surface area contributed by atoms with Gasteiger partial charge in [0, 0.05) is 17.4 Å². The van der Waals surface area contributed by atoms with Crippen LogP contribution in [0, 0.1) is 0 Å². The van der Waals surface area contributed by atoms with Gasteiger partial charge in [-0.15, -0.1) is 0 Å². The standard InChI is InChI=1S/C19H26BrNO4/c1-12-15-9-13(20)5-6-16(15)19(11-24-12)10-14(22)7-8-21(19)17(23)25-18(2,3)4/h5-6,9,12,14,22H,7-8,10-11H2,1-4H3. The fourth-order valence-corrected chi connectivity index (χ4v) is 4.17. The zero-order chi connectivity index (χ0) is 18.4. The van der Waals surface area contributed by atoms with Crippen LogP contribution in [-0.2, 0) is 15.0 Å². The van der Waals surface area contributed by atoms with Crippen LogP contribution in [-0.4, -0.2) is 41.0 Å². The minimum atomic E-state index is -0.692. The van der Waals surface area contributed by atoms with Crippen molar-refractivity contribution < 1.29 is 19.4 Å². The molecule has 2 heterocycles. The first kappa shape index (κ1) is 18.7. The van der Waals surface area contributed by atoms with E-state index in [1.165, 1.54) is 0 Å². The quantitative estimate of drug-likeness (QED) is 0.696. The Morgan fingerprint density at radius 1 is 1.44 bits per heavy atom. The fourth-order valence-electron chi connectivity index (χ4n) is 3.79. The van der Waals surface area contributed by atoms with Crippen molar-refractivity contribution in [1.82, 2.24) is 4.90 Å². The van der Waals surface area contributed by atoms with E-state index >= 15 is 0 Å². The van der Waals surface area contributed by atoms with Crippen LogP contribution in [0.15, 0.2) is 22.7 Å². The van der Waals surface area contributed by atoms with Crippen molar-refractivity contribution in [1.29, 1.82) is 0 Å². The van der Waals surface area contributed by atoms with E-state index in [0.717, 1.165) is 15.6 Å². The molecular weight excluding hydrogens is 386 g/mol. The topological polar surface area (TPSA) is 59.0 Å². The minimum absolute atomic E-state index is 0.0577. The maximum atomic E-state index is 12.9. The number of aliphatic hydroxyl groups is 1. The Balaban J connectivity index is 2.06. The number of likely N-dealkylation sites (tertiary alicyclic amines) is 1. The lowest BCUT2D eigenvalue weighted by Gasteiger charge is -2.51. The number of halogens is 1. The van der Waals surface area contributed by atoms with E-state index in [1.807, 2.05) is 45.9 Å². The Labute approximate surface area is 157 Å². The molecule has 1 amide bonds. The number of fused-ring (bicyclic) bond motifs is 2. The largest absolute Gasteiger partial charge is 0.444 e. The SMILES string of the molecule is CC1OCC2(CC(O)CCN2C(=O)OC(C)(C)C)c2ccc(Br)cc21. The van der Waals surface area contributed by atoms with Gasteiger partial charge in [-0.25, -0.2) is 4.79 Å². The van der Waals surface area contributed by atoms with Crippen LogP contribution < -0.4 is 0 Å². The van der Waals surface area contributed by atoms with E-state index in [2.05, 4.69) is 15.9 Å². The van der Waals surface area contributed by atoms with Crippen LogP contribution in [0.5, 0.6) is 0 Å². The summed E-state index contributed by atoms with van der Waals surface area (Å²) >= 11 is 3.52. The number of nitrogens with zero attached hydrogens (tertiary/aromatic N) is 1. The van der Waals surface area contributed by atoms with Crippen molar-refractivity contribution in [2.45, 2.75) is 63.9 Å². The van der Waals surface area contributed by atoms with Crippen LogP contribution >= 0.6 is 15.9 Å². The van der Waals surface area contributed by atoms with Gasteiger partial charge in [0.05, 0.1) is 24.4 Å². The summed E-state index contributed by atoms with van der Waals surface area (Å²) in [7, 11) is 0. The first-order valence-corrected chi connectivity index (χ1v) is 9.52. The Morgan fingerprint density at radius 3 is 2.84 bits per heavy atom. The third kappa shape index (κ3) is 3.57. The fraction of sp³-hybridized carbons (Fsp3) is 0.632. The van der Waals surface area contributed by atoms with E-state index in [0.29, 0.717) is 26.0 Å². The highest BCUT2D eigenvalue weighted by molar-refractivity contribution is 9.10. The molecule has 0 aromatic heterocycles. The number of rotatable bonds is 0. The lowest BCUT2D eigenvalue weighted by Crippen LogP contribution is -2.60. The van der Waals surface area contributed by atoms with Gasteiger partial charge in [0.25, 0.3) is 0 Å². The third-order valence-corrected chi connectivity index (χ3v) is 5.41. The average Bonchev–Trinajstić information content (AvgIpc) is 2.49. The molecule has 1 saturated heterocycles. The Bertz CT molecular complexity index is 672. The van der Waals surface area contributed by atoms with Crippen LogP contribution in [0.4, 0.5) is 4.79 Å². The van der Waals surface area contributed by atoms with Gasteiger partial charge >= 0.3 is 6.09 Å². The van der Waals surface area contributed by atoms with Gasteiger partial charge in [-0.2, -0.15) is 0 Å². The highest BCUT2D eigenvalue weighted by atomic mass is 79.9. The normalized spacial score (nSPS) is 29.4. The Kier molecular flexibility index (Phi) is 4.90. The second-order valence-electron chi connectivity index (χ2n) is 7.99. The third-order valence-electron chi connectivity index (χ3n) is 4.91. The van der Waals surface area contributed by atoms with Crippen molar-refractivity contribution in [3.63, 3.8) is 0 Å². The Morgan fingerprint density at radius 2 is 2.16 bits per heavy atom. The van der Waals surface area contributed by atoms with E-state index in [1.54, 1.807) is 4.90 Å². The molecule has 0 saturated carbocycles. The highest BCUT2D eigenvalue weighted by Gasteiger charge is 2.51. The van der Waals surface area contributed by atoms with Crippen molar-refractivity contribution in [3.05, 3.63) is 33.8 Å². The van der Waals surface area contributed by atoms with E-state index < -0.39 is 17.2 Å². The molecule has 3 rings (SSSR count). The summed E-state index contributed by atoms with van der Waals surface area (Å²) in [6.07, 6.45) is 0.118. The average molecular weight is 412 g/mol. The van der Waals surface area contributed by atoms with Gasteiger partial charge in [0.1, 0.15) is 5.60 Å². The number of aliphatic hydroxyl groups excluding tert-OH is 1. The van der Waals surface area contributed by atoms with E-state index in [9.17, 15) is 9.90 Å². The van der Waals surface area contributed by atoms with Crippen molar-refractivity contribution in [3.8, 4) is 0 Å². The number of carbonyl (C=O) groups is 1. The molecule has 1 spiro atoms. The molecule has 5 nitrogen and oxygen atoms in total. The molecular formula is C19H26BrNO4. The second-order valence-corrected chi connectivity index (χ2v) is 8.91. The molecule has 1 N–H and O–H groups in total. The molecule has 2 aliphatic rings. The summed E-state index contributed by atoms with van der Waals surface area (Å²) in [5.41, 5.74) is 0.824. The molecule has 6 heteroatoms. The molecule has 2 aliphatic heterocycles. The molecule has 25 heavy (non-hydrogen) atoms. The monoisotopic (exact) mass is 411 g/mol. The van der Waals surface area contributed by atoms with Crippen LogP contribution in [0.1, 0.15) is 57.8 Å². The maximum absolute atomic E-state index is 12.9. The summed E-state index contributed by atoms with van der Waals surface area (Å²) in [6, 6.07) is 6.05. The number of carbonyl (C=O) groups excluding carboxylic acids is 1. The molecule has 1 aromatic carbocycles. The molecule has 0 bridgehead atoms. The van der Waals surface area contributed by atoms with Crippen molar-refractivity contribution in [2.24, 2.45) is 0 Å². The molecule has 0 aliphatic carbocycles. The zero-order valence-electron chi connectivity index (χ0n) is 15.2. The van der Waals surface area contributed by atoms with Gasteiger partial charge in [-0.1, -0.05) is 22.0 Å². The summed E-state index contributed by atoms with van der Waals surface area (Å²) in [4.78, 5) is 14.7. The van der Waals surface area contributed by atoms with Crippen molar-refractivity contribution in [2.75, 3.05) is 13.2 Å². The van der Waals surface area contributed by atoms with Gasteiger partial charge in [-0.05, 0) is 57.4 Å². The van der Waals surface area contributed by atoms with Crippen LogP contribution in [0.3, 0.4) is 0 Å². The Hall–Kier alpha value is -1.11. The summed E-state index contributed by atoms with van der Waals surface area (Å²) < 4.78 is 12.6. The summed E-state index contributed by atoms with van der Waals surface area (Å²) in [5.74, 6) is 0. The van der Waals surface area contributed by atoms with E-state index in [4.69, 9.17) is 9.47 Å². The first-order valence-electron chi connectivity index (χ1n) is 8.73.